The molecule has 1 unspecified atom stereocenters. The van der Waals surface area contributed by atoms with Crippen LogP contribution in [0.1, 0.15) is 39.2 Å². The van der Waals surface area contributed by atoms with Gasteiger partial charge in [-0.3, -0.25) is 4.79 Å². The summed E-state index contributed by atoms with van der Waals surface area (Å²) < 4.78 is 5.23. The number of likely N-dealkylation sites (tertiary alicyclic amines) is 1. The molecule has 1 aliphatic rings. The molecule has 2 atom stereocenters. The maximum atomic E-state index is 12.7. The van der Waals surface area contributed by atoms with Gasteiger partial charge < -0.3 is 9.84 Å². The molecule has 28 heavy (non-hydrogen) atoms. The lowest BCUT2D eigenvalue weighted by Gasteiger charge is -2.25. The molecule has 6 nitrogen and oxygen atoms in total. The minimum absolute atomic E-state index is 0.112. The van der Waals surface area contributed by atoms with Gasteiger partial charge in [0.2, 0.25) is 5.91 Å². The molecular formula is C22H25NO5. The number of benzene rings is 2. The number of carboxylic acids is 1. The largest absolute Gasteiger partial charge is 0.480 e. The van der Waals surface area contributed by atoms with Gasteiger partial charge in [-0.15, -0.1) is 0 Å². The molecule has 1 saturated heterocycles. The summed E-state index contributed by atoms with van der Waals surface area (Å²) >= 11 is 0. The highest BCUT2D eigenvalue weighted by Gasteiger charge is 2.47. The number of aryl methyl sites for hydroxylation is 1. The first kappa shape index (κ1) is 19.9. The van der Waals surface area contributed by atoms with Crippen LogP contribution >= 0.6 is 0 Å². The van der Waals surface area contributed by atoms with Crippen molar-refractivity contribution in [3.8, 4) is 0 Å². The molecule has 1 fully saturated rings. The second-order valence-electron chi connectivity index (χ2n) is 8.20. The number of ether oxygens (including phenoxy) is 1. The van der Waals surface area contributed by atoms with E-state index < -0.39 is 35.5 Å². The van der Waals surface area contributed by atoms with Crippen LogP contribution in [0.4, 0.5) is 4.79 Å². The minimum atomic E-state index is -1.19. The number of hydrogen-bond donors (Lipinski definition) is 1. The number of rotatable bonds is 4. The Labute approximate surface area is 164 Å². The first-order chi connectivity index (χ1) is 13.2. The number of aliphatic carboxylic acids is 1. The maximum absolute atomic E-state index is 12.7. The van der Waals surface area contributed by atoms with E-state index >= 15 is 0 Å². The first-order valence-electron chi connectivity index (χ1n) is 9.42. The topological polar surface area (TPSA) is 83.9 Å². The van der Waals surface area contributed by atoms with Gasteiger partial charge in [-0.2, -0.15) is 0 Å². The van der Waals surface area contributed by atoms with Crippen LogP contribution in [-0.4, -0.2) is 39.6 Å². The molecule has 2 amide bonds. The summed E-state index contributed by atoms with van der Waals surface area (Å²) in [6.07, 6.45) is 0.342. The fourth-order valence-corrected chi connectivity index (χ4v) is 3.54. The number of imide groups is 1. The van der Waals surface area contributed by atoms with Crippen LogP contribution in [0.3, 0.4) is 0 Å². The Hall–Kier alpha value is -2.89. The smallest absolute Gasteiger partial charge is 0.417 e. The van der Waals surface area contributed by atoms with Crippen molar-refractivity contribution in [2.24, 2.45) is 5.92 Å². The van der Waals surface area contributed by atoms with Gasteiger partial charge >= 0.3 is 12.1 Å². The van der Waals surface area contributed by atoms with E-state index in [1.165, 1.54) is 0 Å². The van der Waals surface area contributed by atoms with Crippen molar-refractivity contribution in [2.45, 2.75) is 51.7 Å². The fraction of sp³-hybridized carbons (Fsp3) is 0.409. The third-order valence-electron chi connectivity index (χ3n) is 4.88. The number of fused-ring (bicyclic) bond motifs is 1. The van der Waals surface area contributed by atoms with E-state index in [4.69, 9.17) is 4.74 Å². The fourth-order valence-electron chi connectivity index (χ4n) is 3.54. The molecule has 0 radical (unpaired) electrons. The van der Waals surface area contributed by atoms with Crippen molar-refractivity contribution in [3.63, 3.8) is 0 Å². The number of hydrogen-bond acceptors (Lipinski definition) is 4. The van der Waals surface area contributed by atoms with E-state index in [0.29, 0.717) is 12.8 Å². The Kier molecular flexibility index (Phi) is 5.40. The van der Waals surface area contributed by atoms with Gasteiger partial charge in [-0.1, -0.05) is 42.5 Å². The van der Waals surface area contributed by atoms with Gasteiger partial charge in [0.15, 0.2) is 0 Å². The third kappa shape index (κ3) is 4.32. The number of amides is 2. The average Bonchev–Trinajstić information content (AvgIpc) is 2.95. The second-order valence-corrected chi connectivity index (χ2v) is 8.20. The van der Waals surface area contributed by atoms with E-state index in [9.17, 15) is 19.5 Å². The van der Waals surface area contributed by atoms with Gasteiger partial charge in [0.05, 0.1) is 0 Å². The summed E-state index contributed by atoms with van der Waals surface area (Å²) in [5.74, 6) is -2.17. The van der Waals surface area contributed by atoms with Crippen molar-refractivity contribution >= 4 is 28.7 Å². The van der Waals surface area contributed by atoms with Crippen LogP contribution in [0.2, 0.25) is 0 Å². The Morgan fingerprint density at radius 2 is 1.82 bits per heavy atom. The molecule has 0 aliphatic carbocycles. The van der Waals surface area contributed by atoms with E-state index in [1.54, 1.807) is 20.8 Å². The van der Waals surface area contributed by atoms with Gasteiger partial charge in [-0.05, 0) is 56.4 Å². The zero-order valence-electron chi connectivity index (χ0n) is 16.3. The Morgan fingerprint density at radius 1 is 1.14 bits per heavy atom. The van der Waals surface area contributed by atoms with E-state index in [-0.39, 0.29) is 6.42 Å². The highest BCUT2D eigenvalue weighted by molar-refractivity contribution is 6.00. The lowest BCUT2D eigenvalue weighted by Crippen LogP contribution is -2.45. The second kappa shape index (κ2) is 7.62. The van der Waals surface area contributed by atoms with E-state index in [0.717, 1.165) is 21.2 Å². The maximum Gasteiger partial charge on any atom is 0.417 e. The van der Waals surface area contributed by atoms with Gasteiger partial charge in [-0.25, -0.2) is 14.5 Å². The summed E-state index contributed by atoms with van der Waals surface area (Å²) in [6, 6.07) is 13.0. The summed E-state index contributed by atoms with van der Waals surface area (Å²) in [7, 11) is 0. The molecule has 2 aromatic rings. The van der Waals surface area contributed by atoms with E-state index in [1.807, 2.05) is 36.4 Å². The van der Waals surface area contributed by atoms with Crippen molar-refractivity contribution in [1.82, 2.24) is 4.90 Å². The Bertz CT molecular complexity index is 915. The zero-order valence-corrected chi connectivity index (χ0v) is 16.3. The standard InChI is InChI=1S/C22H25NO5/c1-22(2,3)28-21(27)23-18(20(25)26)13-17(19(23)24)11-9-14-8-10-15-6-4-5-7-16(15)12-14/h4-8,10,12,17-18H,9,11,13H2,1-3H3,(H,25,26)/t17?,18-/m0/s1. The summed E-state index contributed by atoms with van der Waals surface area (Å²) in [4.78, 5) is 37.5. The van der Waals surface area contributed by atoms with Crippen molar-refractivity contribution in [3.05, 3.63) is 48.0 Å². The van der Waals surface area contributed by atoms with Gasteiger partial charge in [0.1, 0.15) is 11.6 Å². The first-order valence-corrected chi connectivity index (χ1v) is 9.42. The molecule has 1 heterocycles. The van der Waals surface area contributed by atoms with Crippen LogP contribution < -0.4 is 0 Å². The molecular weight excluding hydrogens is 358 g/mol. The summed E-state index contributed by atoms with van der Waals surface area (Å²) in [5, 5.41) is 11.7. The van der Waals surface area contributed by atoms with Crippen molar-refractivity contribution < 1.29 is 24.2 Å². The molecule has 6 heteroatoms. The molecule has 0 bridgehead atoms. The highest BCUT2D eigenvalue weighted by Crippen LogP contribution is 2.30. The molecule has 0 saturated carbocycles. The molecule has 0 spiro atoms. The molecule has 2 aromatic carbocycles. The average molecular weight is 383 g/mol. The number of carboxylic acid groups (broad SMARTS) is 1. The van der Waals surface area contributed by atoms with Crippen molar-refractivity contribution in [2.75, 3.05) is 0 Å². The van der Waals surface area contributed by atoms with Crippen LogP contribution in [0.15, 0.2) is 42.5 Å². The van der Waals surface area contributed by atoms with Crippen LogP contribution in [0, 0.1) is 5.92 Å². The number of nitrogens with zero attached hydrogens (tertiary/aromatic N) is 1. The SMILES string of the molecule is CC(C)(C)OC(=O)N1C(=O)C(CCc2ccc3ccccc3c2)C[C@H]1C(=O)O. The summed E-state index contributed by atoms with van der Waals surface area (Å²) in [5.41, 5.74) is 0.276. The summed E-state index contributed by atoms with van der Waals surface area (Å²) in [6.45, 7) is 5.04. The predicted molar refractivity (Wildman–Crippen MR) is 105 cm³/mol. The lowest BCUT2D eigenvalue weighted by atomic mass is 9.95. The van der Waals surface area contributed by atoms with Gasteiger partial charge in [0.25, 0.3) is 0 Å². The highest BCUT2D eigenvalue weighted by atomic mass is 16.6. The van der Waals surface area contributed by atoms with E-state index in [2.05, 4.69) is 6.07 Å². The zero-order chi connectivity index (χ0) is 20.5. The molecule has 1 N–H and O–H groups in total. The Balaban J connectivity index is 1.72. The quantitative estimate of drug-likeness (QED) is 0.862. The third-order valence-corrected chi connectivity index (χ3v) is 4.88. The van der Waals surface area contributed by atoms with Crippen LogP contribution in [0.25, 0.3) is 10.8 Å². The van der Waals surface area contributed by atoms with Gasteiger partial charge in [0, 0.05) is 5.92 Å². The van der Waals surface area contributed by atoms with Crippen molar-refractivity contribution in [1.29, 1.82) is 0 Å². The molecule has 3 rings (SSSR count). The predicted octanol–water partition coefficient (Wildman–Crippen LogP) is 4.01. The van der Waals surface area contributed by atoms with Crippen LogP contribution in [-0.2, 0) is 20.7 Å². The molecule has 148 valence electrons. The monoisotopic (exact) mass is 383 g/mol. The number of carbonyl (C=O) groups excluding carboxylic acids is 2. The van der Waals surface area contributed by atoms with Crippen LogP contribution in [0.5, 0.6) is 0 Å². The number of carbonyl (C=O) groups is 3. The Morgan fingerprint density at radius 3 is 2.46 bits per heavy atom. The normalized spacial score (nSPS) is 19.8. The molecule has 1 aliphatic heterocycles. The molecule has 0 aromatic heterocycles. The minimum Gasteiger partial charge on any atom is -0.480 e. The lowest BCUT2D eigenvalue weighted by molar-refractivity contribution is -0.145.